The Morgan fingerprint density at radius 3 is 2.25 bits per heavy atom. The minimum absolute atomic E-state index is 0.303. The van der Waals surface area contributed by atoms with Gasteiger partial charge >= 0.3 is 12.0 Å². The highest BCUT2D eigenvalue weighted by Gasteiger charge is 2.39. The average Bonchev–Trinajstić information content (AvgIpc) is 2.86. The second kappa shape index (κ2) is 4.76. The number of nitrogens with zero attached hydrogens (tertiary/aromatic N) is 3. The van der Waals surface area contributed by atoms with E-state index in [2.05, 4.69) is 5.10 Å². The van der Waals surface area contributed by atoms with E-state index in [1.807, 2.05) is 0 Å². The molecule has 9 heteroatoms. The minimum atomic E-state index is -4.94. The predicted molar refractivity (Wildman–Crippen MR) is 60.6 cm³/mol. The normalized spacial score (nSPS) is 11.3. The van der Waals surface area contributed by atoms with Gasteiger partial charge in [0.25, 0.3) is 5.78 Å². The number of hydrogen-bond donors (Lipinski definition) is 0. The van der Waals surface area contributed by atoms with E-state index < -0.39 is 22.4 Å². The van der Waals surface area contributed by atoms with Crippen molar-refractivity contribution in [1.82, 2.24) is 9.78 Å². The first kappa shape index (κ1) is 13.7. The minimum Gasteiger partial charge on any atom is -0.358 e. The van der Waals surface area contributed by atoms with Gasteiger partial charge in [0.05, 0.1) is 23.0 Å². The maximum Gasteiger partial charge on any atom is 0.454 e. The molecule has 0 saturated carbocycles. The first-order valence-corrected chi connectivity index (χ1v) is 5.21. The number of carbonyl (C=O) groups is 1. The molecule has 104 valence electrons. The summed E-state index contributed by atoms with van der Waals surface area (Å²) in [6, 6.07) is 5.55. The van der Waals surface area contributed by atoms with Crippen molar-refractivity contribution in [3.63, 3.8) is 0 Å². The molecule has 0 aliphatic rings. The van der Waals surface area contributed by atoms with E-state index in [0.29, 0.717) is 5.69 Å². The van der Waals surface area contributed by atoms with E-state index in [1.54, 1.807) is 0 Å². The van der Waals surface area contributed by atoms with Gasteiger partial charge in [0.1, 0.15) is 0 Å². The van der Waals surface area contributed by atoms with Crippen molar-refractivity contribution < 1.29 is 22.9 Å². The lowest BCUT2D eigenvalue weighted by atomic mass is 10.1. The van der Waals surface area contributed by atoms with Crippen LogP contribution in [0.25, 0.3) is 5.69 Å². The number of carbonyl (C=O) groups excluding carboxylic acids is 1. The van der Waals surface area contributed by atoms with E-state index in [4.69, 9.17) is 0 Å². The van der Waals surface area contributed by atoms with Gasteiger partial charge in [-0.05, 0) is 29.2 Å². The van der Waals surface area contributed by atoms with E-state index in [9.17, 15) is 28.1 Å². The fraction of sp³-hybridized carbons (Fsp3) is 0.0909. The second-order valence-corrected chi connectivity index (χ2v) is 3.75. The molecule has 1 heterocycles. The van der Waals surface area contributed by atoms with Gasteiger partial charge in [-0.1, -0.05) is 0 Å². The Balaban J connectivity index is 2.28. The maximum atomic E-state index is 12.2. The third-order valence-corrected chi connectivity index (χ3v) is 2.41. The zero-order valence-corrected chi connectivity index (χ0v) is 9.66. The Labute approximate surface area is 109 Å². The number of Topliss-reactive ketones (excluding diaryl/α,β-unsaturated/α-hetero) is 1. The van der Waals surface area contributed by atoms with Gasteiger partial charge in [-0.3, -0.25) is 4.79 Å². The lowest BCUT2D eigenvalue weighted by molar-refractivity contribution is -0.389. The predicted octanol–water partition coefficient (Wildman–Crippen LogP) is 2.53. The van der Waals surface area contributed by atoms with Crippen molar-refractivity contribution >= 4 is 11.6 Å². The molecule has 6 nitrogen and oxygen atoms in total. The zero-order valence-electron chi connectivity index (χ0n) is 9.66. The Bertz CT molecular complexity index is 662. The standard InChI is InChI=1S/C11H6F3N3O3/c12-11(13,14)10(18)7-1-3-8(4-2-7)16-6-5-9(15-16)17(19)20/h1-6H. The highest BCUT2D eigenvalue weighted by molar-refractivity contribution is 6.00. The van der Waals surface area contributed by atoms with Gasteiger partial charge in [-0.25, -0.2) is 0 Å². The van der Waals surface area contributed by atoms with Crippen LogP contribution < -0.4 is 0 Å². The summed E-state index contributed by atoms with van der Waals surface area (Å²) in [4.78, 5) is 20.7. The highest BCUT2D eigenvalue weighted by Crippen LogP contribution is 2.22. The molecule has 0 aliphatic carbocycles. The Kier molecular flexibility index (Phi) is 3.26. The van der Waals surface area contributed by atoms with Gasteiger partial charge in [0.15, 0.2) is 0 Å². The molecule has 2 rings (SSSR count). The maximum absolute atomic E-state index is 12.2. The lowest BCUT2D eigenvalue weighted by Gasteiger charge is -2.05. The van der Waals surface area contributed by atoms with Crippen molar-refractivity contribution in [2.75, 3.05) is 0 Å². The van der Waals surface area contributed by atoms with Crippen LogP contribution in [0.15, 0.2) is 36.5 Å². The molecule has 2 aromatic rings. The van der Waals surface area contributed by atoms with Crippen LogP contribution in [0.2, 0.25) is 0 Å². The van der Waals surface area contributed by atoms with Crippen molar-refractivity contribution in [3.8, 4) is 5.69 Å². The van der Waals surface area contributed by atoms with Crippen LogP contribution in [0, 0.1) is 10.1 Å². The number of ketones is 1. The van der Waals surface area contributed by atoms with Crippen LogP contribution in [0.1, 0.15) is 10.4 Å². The highest BCUT2D eigenvalue weighted by atomic mass is 19.4. The molecule has 0 fully saturated rings. The van der Waals surface area contributed by atoms with Crippen LogP contribution in [0.5, 0.6) is 0 Å². The molecule has 0 saturated heterocycles. The van der Waals surface area contributed by atoms with E-state index >= 15 is 0 Å². The third kappa shape index (κ3) is 2.66. The first-order valence-electron chi connectivity index (χ1n) is 5.21. The smallest absolute Gasteiger partial charge is 0.358 e. The number of halogens is 3. The second-order valence-electron chi connectivity index (χ2n) is 3.75. The lowest BCUT2D eigenvalue weighted by Crippen LogP contribution is -2.22. The largest absolute Gasteiger partial charge is 0.454 e. The number of aromatic nitrogens is 2. The average molecular weight is 285 g/mol. The molecule has 1 aromatic heterocycles. The molecule has 0 radical (unpaired) electrons. The quantitative estimate of drug-likeness (QED) is 0.493. The summed E-state index contributed by atoms with van der Waals surface area (Å²) in [5.41, 5.74) is -0.209. The fourth-order valence-electron chi connectivity index (χ4n) is 1.48. The molecule has 0 atom stereocenters. The molecule has 0 aliphatic heterocycles. The van der Waals surface area contributed by atoms with Crippen molar-refractivity contribution in [1.29, 1.82) is 0 Å². The van der Waals surface area contributed by atoms with Crippen molar-refractivity contribution in [3.05, 3.63) is 52.2 Å². The van der Waals surface area contributed by atoms with Crippen LogP contribution in [0.3, 0.4) is 0 Å². The number of alkyl halides is 3. The molecule has 1 aromatic carbocycles. The van der Waals surface area contributed by atoms with Crippen LogP contribution in [0.4, 0.5) is 19.0 Å². The number of nitro groups is 1. The summed E-state index contributed by atoms with van der Waals surface area (Å²) >= 11 is 0. The van der Waals surface area contributed by atoms with Crippen LogP contribution >= 0.6 is 0 Å². The number of hydrogen-bond acceptors (Lipinski definition) is 4. The summed E-state index contributed by atoms with van der Waals surface area (Å²) in [6.45, 7) is 0. The summed E-state index contributed by atoms with van der Waals surface area (Å²) in [5.74, 6) is -2.34. The van der Waals surface area contributed by atoms with Crippen LogP contribution in [-0.4, -0.2) is 26.7 Å². The van der Waals surface area contributed by atoms with E-state index in [0.717, 1.165) is 22.9 Å². The summed E-state index contributed by atoms with van der Waals surface area (Å²) < 4.78 is 37.8. The third-order valence-electron chi connectivity index (χ3n) is 2.41. The Morgan fingerprint density at radius 1 is 1.20 bits per heavy atom. The van der Waals surface area contributed by atoms with Gasteiger partial charge in [-0.2, -0.15) is 13.2 Å². The number of rotatable bonds is 3. The van der Waals surface area contributed by atoms with E-state index in [-0.39, 0.29) is 5.82 Å². The summed E-state index contributed by atoms with van der Waals surface area (Å²) in [7, 11) is 0. The van der Waals surface area contributed by atoms with Gasteiger partial charge < -0.3 is 10.1 Å². The van der Waals surface area contributed by atoms with Crippen molar-refractivity contribution in [2.45, 2.75) is 6.18 Å². The van der Waals surface area contributed by atoms with Crippen molar-refractivity contribution in [2.24, 2.45) is 0 Å². The fourth-order valence-corrected chi connectivity index (χ4v) is 1.48. The molecule has 0 N–H and O–H groups in total. The SMILES string of the molecule is O=C(c1ccc(-n2ccc([N+](=O)[O-])n2)cc1)C(F)(F)F. The molecule has 0 spiro atoms. The van der Waals surface area contributed by atoms with E-state index in [1.165, 1.54) is 18.3 Å². The van der Waals surface area contributed by atoms with Gasteiger partial charge in [0, 0.05) is 5.56 Å². The molecule has 0 amide bonds. The Hall–Kier alpha value is -2.71. The zero-order chi connectivity index (χ0) is 14.9. The van der Waals surface area contributed by atoms with Gasteiger partial charge in [0.2, 0.25) is 0 Å². The monoisotopic (exact) mass is 285 g/mol. The summed E-state index contributed by atoms with van der Waals surface area (Å²) in [6.07, 6.45) is -3.65. The first-order chi connectivity index (χ1) is 9.29. The molecule has 0 bridgehead atoms. The van der Waals surface area contributed by atoms with Crippen LogP contribution in [-0.2, 0) is 0 Å². The summed E-state index contributed by atoms with van der Waals surface area (Å²) in [5, 5.41) is 14.1. The topological polar surface area (TPSA) is 78.0 Å². The molecule has 0 unspecified atom stereocenters. The Morgan fingerprint density at radius 2 is 1.80 bits per heavy atom. The molecule has 20 heavy (non-hydrogen) atoms. The number of benzene rings is 1. The molecular formula is C11H6F3N3O3. The molecular weight excluding hydrogens is 279 g/mol. The van der Waals surface area contributed by atoms with Gasteiger partial charge in [-0.15, -0.1) is 4.68 Å².